The smallest absolute Gasteiger partial charge is 0.320 e. The van der Waals surface area contributed by atoms with Crippen LogP contribution in [-0.2, 0) is 49.5 Å². The largest absolute Gasteiger partial charge is 0.480 e. The number of carbonyl (C=O) groups excluding carboxylic acids is 4. The predicted octanol–water partition coefficient (Wildman–Crippen LogP) is -0.171. The summed E-state index contributed by atoms with van der Waals surface area (Å²) in [7, 11) is 0. The van der Waals surface area contributed by atoms with E-state index in [4.69, 9.17) is 4.74 Å². The third-order valence-electron chi connectivity index (χ3n) is 7.58. The molecule has 51 heavy (non-hydrogen) atoms. The number of hydrogen-bond donors (Lipinski definition) is 5. The van der Waals surface area contributed by atoms with E-state index in [1.165, 1.54) is 26.9 Å². The Morgan fingerprint density at radius 3 is 1.86 bits per heavy atom. The van der Waals surface area contributed by atoms with Crippen LogP contribution in [0.5, 0.6) is 0 Å². The van der Waals surface area contributed by atoms with Gasteiger partial charge in [-0.2, -0.15) is 0 Å². The Bertz CT molecular complexity index is 1400. The van der Waals surface area contributed by atoms with Gasteiger partial charge in [0, 0.05) is 56.5 Å². The Hall–Kier alpha value is -5.20. The third-order valence-corrected chi connectivity index (χ3v) is 7.58. The van der Waals surface area contributed by atoms with Gasteiger partial charge in [0.2, 0.25) is 5.91 Å². The van der Waals surface area contributed by atoms with Crippen LogP contribution in [0.4, 0.5) is 5.69 Å². The molecule has 1 aliphatic rings. The van der Waals surface area contributed by atoms with Gasteiger partial charge in [0.05, 0.1) is 39.3 Å². The van der Waals surface area contributed by atoms with Crippen molar-refractivity contribution < 1.29 is 63.5 Å². The lowest BCUT2D eigenvalue weighted by molar-refractivity contribution is -0.147. The van der Waals surface area contributed by atoms with Crippen LogP contribution >= 0.6 is 0 Å². The number of benzene rings is 1. The molecule has 18 heteroatoms. The minimum atomic E-state index is -1.31. The average Bonchev–Trinajstić information content (AvgIpc) is 3.36. The van der Waals surface area contributed by atoms with Crippen LogP contribution in [0.1, 0.15) is 38.2 Å². The molecule has 18 nitrogen and oxygen atoms in total. The number of amides is 3. The summed E-state index contributed by atoms with van der Waals surface area (Å²) in [5.74, 6) is -6.81. The fourth-order valence-corrected chi connectivity index (χ4v) is 5.25. The lowest BCUT2D eigenvalue weighted by atomic mass is 10.0. The number of anilines is 1. The number of ether oxygens (including phenoxy) is 1. The minimum absolute atomic E-state index is 0.0579. The molecule has 0 spiro atoms. The van der Waals surface area contributed by atoms with Crippen molar-refractivity contribution in [3.63, 3.8) is 0 Å². The van der Waals surface area contributed by atoms with Gasteiger partial charge in [-0.25, -0.2) is 0 Å². The van der Waals surface area contributed by atoms with Crippen molar-refractivity contribution in [2.45, 2.75) is 45.1 Å². The highest BCUT2D eigenvalue weighted by molar-refractivity contribution is 6.12. The van der Waals surface area contributed by atoms with Crippen molar-refractivity contribution in [1.82, 2.24) is 19.6 Å². The van der Waals surface area contributed by atoms with Crippen LogP contribution in [0.2, 0.25) is 0 Å². The molecule has 280 valence electrons. The van der Waals surface area contributed by atoms with Crippen LogP contribution in [0, 0.1) is 0 Å². The van der Waals surface area contributed by atoms with Gasteiger partial charge in [0.15, 0.2) is 0 Å². The summed E-state index contributed by atoms with van der Waals surface area (Å²) in [6.07, 6.45) is 4.03. The molecule has 0 bridgehead atoms. The van der Waals surface area contributed by atoms with Crippen LogP contribution in [0.3, 0.4) is 0 Å². The Labute approximate surface area is 294 Å². The van der Waals surface area contributed by atoms with Crippen molar-refractivity contribution >= 4 is 53.3 Å². The van der Waals surface area contributed by atoms with Crippen molar-refractivity contribution in [3.05, 3.63) is 42.0 Å². The number of carbonyl (C=O) groups is 8. The van der Waals surface area contributed by atoms with Gasteiger partial charge in [0.1, 0.15) is 0 Å². The van der Waals surface area contributed by atoms with E-state index in [9.17, 15) is 58.8 Å². The fourth-order valence-electron chi connectivity index (χ4n) is 5.25. The zero-order chi connectivity index (χ0) is 37.9. The van der Waals surface area contributed by atoms with E-state index >= 15 is 0 Å². The molecule has 0 saturated carbocycles. The maximum absolute atomic E-state index is 12.5. The van der Waals surface area contributed by atoms with E-state index in [0.29, 0.717) is 30.5 Å². The molecular weight excluding hydrogens is 674 g/mol. The number of hydrogen-bond acceptors (Lipinski definition) is 12. The second-order valence-corrected chi connectivity index (χ2v) is 11.9. The lowest BCUT2D eigenvalue weighted by Crippen LogP contribution is -2.51. The summed E-state index contributed by atoms with van der Waals surface area (Å²) in [4.78, 5) is 99.6. The summed E-state index contributed by atoms with van der Waals surface area (Å²) < 4.78 is 5.04. The van der Waals surface area contributed by atoms with E-state index < -0.39 is 62.1 Å². The SMILES string of the molecule is CCCOC(=O)CN(CCN(CC(=O)O)C[C@@H](Cc1ccc(NC(=O)CCCCN2C(=O)C=CC2=O)cc1)N(CC(=O)O)CC(=O)O)CC(=O)O. The number of aliphatic carboxylic acids is 4. The summed E-state index contributed by atoms with van der Waals surface area (Å²) >= 11 is 0. The molecular formula is C33H45N5O13. The monoisotopic (exact) mass is 719 g/mol. The van der Waals surface area contributed by atoms with Crippen LogP contribution in [0.15, 0.2) is 36.4 Å². The van der Waals surface area contributed by atoms with E-state index in [2.05, 4.69) is 5.32 Å². The number of nitrogens with one attached hydrogen (secondary N) is 1. The highest BCUT2D eigenvalue weighted by atomic mass is 16.5. The molecule has 1 aromatic rings. The van der Waals surface area contributed by atoms with Crippen LogP contribution in [0.25, 0.3) is 0 Å². The predicted molar refractivity (Wildman–Crippen MR) is 179 cm³/mol. The van der Waals surface area contributed by atoms with E-state index in [0.717, 1.165) is 4.90 Å². The van der Waals surface area contributed by atoms with Gasteiger partial charge in [-0.05, 0) is 43.4 Å². The summed E-state index contributed by atoms with van der Waals surface area (Å²) in [5.41, 5.74) is 1.07. The topological polar surface area (TPSA) is 252 Å². The fraction of sp³-hybridized carbons (Fsp3) is 0.515. The maximum Gasteiger partial charge on any atom is 0.320 e. The van der Waals surface area contributed by atoms with Crippen molar-refractivity contribution in [1.29, 1.82) is 0 Å². The van der Waals surface area contributed by atoms with Crippen molar-refractivity contribution in [2.24, 2.45) is 0 Å². The number of carboxylic acid groups (broad SMARTS) is 4. The molecule has 5 N–H and O–H groups in total. The molecule has 1 aromatic carbocycles. The first-order valence-electron chi connectivity index (χ1n) is 16.3. The average molecular weight is 720 g/mol. The van der Waals surface area contributed by atoms with Crippen molar-refractivity contribution in [3.8, 4) is 0 Å². The summed E-state index contributed by atoms with van der Waals surface area (Å²) in [6.45, 7) is -0.880. The summed E-state index contributed by atoms with van der Waals surface area (Å²) in [5, 5.41) is 40.8. The molecule has 0 radical (unpaired) electrons. The first-order valence-corrected chi connectivity index (χ1v) is 16.3. The Morgan fingerprint density at radius 1 is 0.765 bits per heavy atom. The number of unbranched alkanes of at least 4 members (excludes halogenated alkanes) is 1. The molecule has 1 aliphatic heterocycles. The van der Waals surface area contributed by atoms with Gasteiger partial charge >= 0.3 is 29.8 Å². The van der Waals surface area contributed by atoms with Crippen LogP contribution < -0.4 is 5.32 Å². The normalized spacial score (nSPS) is 13.2. The molecule has 0 saturated heterocycles. The van der Waals surface area contributed by atoms with E-state index in [-0.39, 0.29) is 69.9 Å². The number of esters is 1. The number of imide groups is 1. The Kier molecular flexibility index (Phi) is 17.9. The van der Waals surface area contributed by atoms with Gasteiger partial charge < -0.3 is 30.5 Å². The number of rotatable bonds is 26. The molecule has 1 heterocycles. The molecule has 0 aliphatic carbocycles. The second-order valence-electron chi connectivity index (χ2n) is 11.9. The van der Waals surface area contributed by atoms with Gasteiger partial charge in [0.25, 0.3) is 11.8 Å². The van der Waals surface area contributed by atoms with Gasteiger partial charge in [-0.15, -0.1) is 0 Å². The minimum Gasteiger partial charge on any atom is -0.480 e. The molecule has 2 rings (SSSR count). The highest BCUT2D eigenvalue weighted by Crippen LogP contribution is 2.16. The zero-order valence-corrected chi connectivity index (χ0v) is 28.4. The molecule has 1 atom stereocenters. The standard InChI is InChI=1S/C33H45N5O13/c1-2-15-51-33(50)22-36(19-30(44)45)14-13-35(18-29(42)43)17-25(37(20-31(46)47)21-32(48)49)16-23-6-8-24(9-7-23)34-26(39)5-3-4-12-38-27(40)10-11-28(38)41/h6-11,25H,2-5,12-22H2,1H3,(H,34,39)(H,42,43)(H,44,45)(H,46,47)(H,48,49)/t25-/m1/s1. The van der Waals surface area contributed by atoms with Gasteiger partial charge in [-0.3, -0.25) is 58.0 Å². The maximum atomic E-state index is 12.5. The number of carboxylic acids is 4. The van der Waals surface area contributed by atoms with Gasteiger partial charge in [-0.1, -0.05) is 19.1 Å². The molecule has 3 amide bonds. The lowest BCUT2D eigenvalue weighted by Gasteiger charge is -2.34. The van der Waals surface area contributed by atoms with Crippen molar-refractivity contribution in [2.75, 3.05) is 70.8 Å². The number of nitrogens with zero attached hydrogens (tertiary/aromatic N) is 4. The summed E-state index contributed by atoms with van der Waals surface area (Å²) in [6, 6.07) is 5.67. The zero-order valence-electron chi connectivity index (χ0n) is 28.4. The first kappa shape index (κ1) is 42.0. The van der Waals surface area contributed by atoms with Crippen LogP contribution in [-0.4, -0.2) is 159 Å². The Morgan fingerprint density at radius 2 is 1.31 bits per heavy atom. The van der Waals surface area contributed by atoms with E-state index in [1.54, 1.807) is 31.2 Å². The molecule has 0 fully saturated rings. The molecule has 0 unspecified atom stereocenters. The van der Waals surface area contributed by atoms with E-state index in [1.807, 2.05) is 0 Å². The second kappa shape index (κ2) is 21.8. The third kappa shape index (κ3) is 16.8. The quantitative estimate of drug-likeness (QED) is 0.0473. The molecule has 0 aromatic heterocycles. The first-order chi connectivity index (χ1) is 24.2. The highest BCUT2D eigenvalue weighted by Gasteiger charge is 2.28. The Balaban J connectivity index is 2.14.